The van der Waals surface area contributed by atoms with E-state index in [1.54, 1.807) is 7.11 Å². The summed E-state index contributed by atoms with van der Waals surface area (Å²) in [5, 5.41) is 12.9. The van der Waals surface area contributed by atoms with Gasteiger partial charge in [0.1, 0.15) is 0 Å². The lowest BCUT2D eigenvalue weighted by Crippen LogP contribution is -2.37. The Bertz CT molecular complexity index is 181. The van der Waals surface area contributed by atoms with Crippen molar-refractivity contribution in [3.8, 4) is 0 Å². The Kier molecular flexibility index (Phi) is 6.28. The van der Waals surface area contributed by atoms with Crippen LogP contribution in [0.1, 0.15) is 26.2 Å². The summed E-state index contributed by atoms with van der Waals surface area (Å²) >= 11 is 0. The van der Waals surface area contributed by atoms with Gasteiger partial charge in [0.05, 0.1) is 12.7 Å². The fourth-order valence-electron chi connectivity index (χ4n) is 1.98. The van der Waals surface area contributed by atoms with Crippen LogP contribution in [-0.2, 0) is 9.47 Å². The minimum Gasteiger partial charge on any atom is -0.391 e. The largest absolute Gasteiger partial charge is 0.391 e. The van der Waals surface area contributed by atoms with Crippen molar-refractivity contribution in [3.05, 3.63) is 0 Å². The molecular weight excluding hydrogens is 206 g/mol. The quantitative estimate of drug-likeness (QED) is 0.636. The summed E-state index contributed by atoms with van der Waals surface area (Å²) in [7, 11) is 1.61. The Morgan fingerprint density at radius 3 is 2.75 bits per heavy atom. The molecule has 1 unspecified atom stereocenters. The number of aliphatic hydroxyl groups excluding tert-OH is 1. The fourth-order valence-corrected chi connectivity index (χ4v) is 1.98. The van der Waals surface area contributed by atoms with Crippen molar-refractivity contribution in [2.45, 2.75) is 32.3 Å². The smallest absolute Gasteiger partial charge is 0.0785 e. The molecule has 1 fully saturated rings. The molecule has 0 aromatic carbocycles. The van der Waals surface area contributed by atoms with Crippen LogP contribution in [0.2, 0.25) is 0 Å². The SMILES string of the molecule is COCC(O)CCNCC1(C)CCOCC1. The molecule has 0 aromatic heterocycles. The average Bonchev–Trinajstić information content (AvgIpc) is 2.26. The first-order chi connectivity index (χ1) is 7.66. The van der Waals surface area contributed by atoms with E-state index in [9.17, 15) is 5.11 Å². The van der Waals surface area contributed by atoms with Crippen LogP contribution in [0.15, 0.2) is 0 Å². The summed E-state index contributed by atoms with van der Waals surface area (Å²) in [6, 6.07) is 0. The lowest BCUT2D eigenvalue weighted by Gasteiger charge is -2.33. The number of ether oxygens (including phenoxy) is 2. The number of rotatable bonds is 7. The molecule has 96 valence electrons. The van der Waals surface area contributed by atoms with Crippen molar-refractivity contribution in [3.63, 3.8) is 0 Å². The number of hydrogen-bond donors (Lipinski definition) is 2. The summed E-state index contributed by atoms with van der Waals surface area (Å²) in [5.74, 6) is 0. The monoisotopic (exact) mass is 231 g/mol. The molecule has 0 aliphatic carbocycles. The molecule has 4 nitrogen and oxygen atoms in total. The maximum Gasteiger partial charge on any atom is 0.0785 e. The van der Waals surface area contributed by atoms with Gasteiger partial charge in [-0.25, -0.2) is 0 Å². The van der Waals surface area contributed by atoms with E-state index < -0.39 is 0 Å². The predicted molar refractivity (Wildman–Crippen MR) is 63.5 cm³/mol. The molecular formula is C12H25NO3. The van der Waals surface area contributed by atoms with Gasteiger partial charge in [-0.2, -0.15) is 0 Å². The lowest BCUT2D eigenvalue weighted by molar-refractivity contribution is 0.0228. The van der Waals surface area contributed by atoms with Crippen LogP contribution in [0.25, 0.3) is 0 Å². The predicted octanol–water partition coefficient (Wildman–Crippen LogP) is 0.790. The highest BCUT2D eigenvalue weighted by molar-refractivity contribution is 4.79. The first kappa shape index (κ1) is 13.9. The second kappa shape index (κ2) is 7.22. The normalized spacial score (nSPS) is 21.9. The van der Waals surface area contributed by atoms with Crippen LogP contribution in [0.5, 0.6) is 0 Å². The molecule has 1 rings (SSSR count). The standard InChI is InChI=1S/C12H25NO3/c1-12(4-7-16-8-5-12)10-13-6-3-11(14)9-15-2/h11,13-14H,3-10H2,1-2H3. The zero-order valence-corrected chi connectivity index (χ0v) is 10.5. The Hall–Kier alpha value is -0.160. The van der Waals surface area contributed by atoms with Gasteiger partial charge in [-0.1, -0.05) is 6.92 Å². The van der Waals surface area contributed by atoms with Crippen LogP contribution in [0.3, 0.4) is 0 Å². The highest BCUT2D eigenvalue weighted by Crippen LogP contribution is 2.28. The van der Waals surface area contributed by atoms with E-state index >= 15 is 0 Å². The molecule has 1 aliphatic heterocycles. The molecule has 1 heterocycles. The van der Waals surface area contributed by atoms with Gasteiger partial charge >= 0.3 is 0 Å². The van der Waals surface area contributed by atoms with Crippen molar-refractivity contribution in [2.75, 3.05) is 40.0 Å². The third-order valence-electron chi connectivity index (χ3n) is 3.27. The number of nitrogens with one attached hydrogen (secondary N) is 1. The van der Waals surface area contributed by atoms with Gasteiger partial charge in [-0.15, -0.1) is 0 Å². The zero-order valence-electron chi connectivity index (χ0n) is 10.5. The molecule has 0 aromatic rings. The molecule has 0 bridgehead atoms. The van der Waals surface area contributed by atoms with Crippen LogP contribution in [0, 0.1) is 5.41 Å². The van der Waals surface area contributed by atoms with Gasteiger partial charge in [-0.3, -0.25) is 0 Å². The van der Waals surface area contributed by atoms with Crippen molar-refractivity contribution in [1.82, 2.24) is 5.32 Å². The Labute approximate surface area is 98.3 Å². The first-order valence-electron chi connectivity index (χ1n) is 6.12. The van der Waals surface area contributed by atoms with E-state index in [1.807, 2.05) is 0 Å². The van der Waals surface area contributed by atoms with Gasteiger partial charge in [0.25, 0.3) is 0 Å². The van der Waals surface area contributed by atoms with Crippen molar-refractivity contribution in [2.24, 2.45) is 5.41 Å². The molecule has 16 heavy (non-hydrogen) atoms. The summed E-state index contributed by atoms with van der Waals surface area (Å²) in [4.78, 5) is 0. The van der Waals surface area contributed by atoms with Crippen LogP contribution >= 0.6 is 0 Å². The van der Waals surface area contributed by atoms with E-state index in [0.717, 1.165) is 45.6 Å². The summed E-state index contributed by atoms with van der Waals surface area (Å²) in [5.41, 5.74) is 0.366. The van der Waals surface area contributed by atoms with Crippen molar-refractivity contribution < 1.29 is 14.6 Å². The minimum absolute atomic E-state index is 0.347. The Morgan fingerprint density at radius 1 is 1.44 bits per heavy atom. The summed E-state index contributed by atoms with van der Waals surface area (Å²) < 4.78 is 10.2. The molecule has 1 saturated heterocycles. The molecule has 0 spiro atoms. The highest BCUT2D eigenvalue weighted by Gasteiger charge is 2.26. The van der Waals surface area contributed by atoms with E-state index in [4.69, 9.17) is 9.47 Å². The topological polar surface area (TPSA) is 50.7 Å². The molecule has 1 aliphatic rings. The van der Waals surface area contributed by atoms with Gasteiger partial charge < -0.3 is 19.9 Å². The molecule has 0 radical (unpaired) electrons. The fraction of sp³-hybridized carbons (Fsp3) is 1.00. The van der Waals surface area contributed by atoms with Crippen molar-refractivity contribution in [1.29, 1.82) is 0 Å². The number of aliphatic hydroxyl groups is 1. The Morgan fingerprint density at radius 2 is 2.12 bits per heavy atom. The Balaban J connectivity index is 2.05. The maximum absolute atomic E-state index is 9.47. The van der Waals surface area contributed by atoms with Gasteiger partial charge in [0, 0.05) is 26.9 Å². The third kappa shape index (κ3) is 5.25. The van der Waals surface area contributed by atoms with Crippen molar-refractivity contribution >= 4 is 0 Å². The highest BCUT2D eigenvalue weighted by atomic mass is 16.5. The van der Waals surface area contributed by atoms with E-state index in [1.165, 1.54) is 0 Å². The second-order valence-electron chi connectivity index (χ2n) is 5.00. The van der Waals surface area contributed by atoms with Crippen LogP contribution in [0.4, 0.5) is 0 Å². The average molecular weight is 231 g/mol. The molecule has 0 amide bonds. The number of hydrogen-bond acceptors (Lipinski definition) is 4. The van der Waals surface area contributed by atoms with Gasteiger partial charge in [0.2, 0.25) is 0 Å². The van der Waals surface area contributed by atoms with Gasteiger partial charge in [-0.05, 0) is 31.2 Å². The summed E-state index contributed by atoms with van der Waals surface area (Å²) in [6.07, 6.45) is 2.65. The molecule has 4 heteroatoms. The van der Waals surface area contributed by atoms with E-state index in [0.29, 0.717) is 12.0 Å². The lowest BCUT2D eigenvalue weighted by atomic mass is 9.82. The molecule has 0 saturated carbocycles. The zero-order chi connectivity index (χ0) is 11.9. The number of methoxy groups -OCH3 is 1. The maximum atomic E-state index is 9.47. The first-order valence-corrected chi connectivity index (χ1v) is 6.12. The van der Waals surface area contributed by atoms with Gasteiger partial charge in [0.15, 0.2) is 0 Å². The van der Waals surface area contributed by atoms with Crippen LogP contribution in [-0.4, -0.2) is 51.2 Å². The summed E-state index contributed by atoms with van der Waals surface area (Å²) in [6.45, 7) is 6.34. The minimum atomic E-state index is -0.347. The third-order valence-corrected chi connectivity index (χ3v) is 3.27. The molecule has 1 atom stereocenters. The second-order valence-corrected chi connectivity index (χ2v) is 5.00. The van der Waals surface area contributed by atoms with Crippen LogP contribution < -0.4 is 5.32 Å². The van der Waals surface area contributed by atoms with E-state index in [-0.39, 0.29) is 6.10 Å². The molecule has 2 N–H and O–H groups in total. The van der Waals surface area contributed by atoms with E-state index in [2.05, 4.69) is 12.2 Å².